The number of rotatable bonds is 21. The summed E-state index contributed by atoms with van der Waals surface area (Å²) in [7, 11) is 5.93. The molecule has 1 unspecified atom stereocenters. The molecule has 4 nitrogen and oxygen atoms in total. The Labute approximate surface area is 235 Å². The molecule has 1 fully saturated rings. The lowest BCUT2D eigenvalue weighted by Gasteiger charge is -2.44. The molecule has 1 aliphatic carbocycles. The normalized spacial score (nSPS) is 15.9. The number of carbonyl (C=O) groups is 1. The van der Waals surface area contributed by atoms with Gasteiger partial charge in [-0.3, -0.25) is 4.79 Å². The zero-order valence-corrected chi connectivity index (χ0v) is 25.4. The van der Waals surface area contributed by atoms with Gasteiger partial charge in [0.05, 0.1) is 7.11 Å². The Bertz CT molecular complexity index is 724. The second kappa shape index (κ2) is 19.5. The van der Waals surface area contributed by atoms with Gasteiger partial charge >= 0.3 is 5.97 Å². The third-order valence-electron chi connectivity index (χ3n) is 8.45. The van der Waals surface area contributed by atoms with Crippen LogP contribution in [-0.4, -0.2) is 44.2 Å². The summed E-state index contributed by atoms with van der Waals surface area (Å²) in [6, 6.07) is 8.38. The summed E-state index contributed by atoms with van der Waals surface area (Å²) in [5, 5.41) is 0. The van der Waals surface area contributed by atoms with Gasteiger partial charge in [0.1, 0.15) is 11.4 Å². The largest absolute Gasteiger partial charge is 0.497 e. The van der Waals surface area contributed by atoms with E-state index in [0.29, 0.717) is 6.42 Å². The van der Waals surface area contributed by atoms with Crippen molar-refractivity contribution in [2.24, 2.45) is 0 Å². The molecule has 1 atom stereocenters. The van der Waals surface area contributed by atoms with Crippen LogP contribution in [0.25, 0.3) is 0 Å². The first kappa shape index (κ1) is 32.7. The van der Waals surface area contributed by atoms with Gasteiger partial charge in [0.2, 0.25) is 0 Å². The average molecular weight is 530 g/mol. The Morgan fingerprint density at radius 3 is 1.76 bits per heavy atom. The molecule has 2 rings (SSSR count). The highest BCUT2D eigenvalue weighted by atomic mass is 16.6. The van der Waals surface area contributed by atoms with Crippen LogP contribution in [0, 0.1) is 0 Å². The molecule has 1 aromatic rings. The number of ether oxygens (including phenoxy) is 2. The van der Waals surface area contributed by atoms with Crippen LogP contribution in [0.4, 0.5) is 0 Å². The standard InChI is InChI=1S/C34H59NO3/c1-5-6-7-8-9-10-11-12-13-14-15-16-17-19-22-33(36)38-34(27-20-18-21-28-34)32(29-35(2)3)30-23-25-31(37-4)26-24-30/h23-26,32H,5-22,27-29H2,1-4H3. The fraction of sp³-hybridized carbons (Fsp3) is 0.794. The number of hydrogen-bond donors (Lipinski definition) is 0. The molecule has 1 aliphatic rings. The van der Waals surface area contributed by atoms with Gasteiger partial charge in [-0.25, -0.2) is 0 Å². The first-order chi connectivity index (χ1) is 18.5. The number of benzene rings is 1. The molecule has 0 amide bonds. The third kappa shape index (κ3) is 12.5. The van der Waals surface area contributed by atoms with Gasteiger partial charge in [-0.05, 0) is 63.9 Å². The lowest BCUT2D eigenvalue weighted by atomic mass is 9.72. The predicted octanol–water partition coefficient (Wildman–Crippen LogP) is 9.46. The molecule has 38 heavy (non-hydrogen) atoms. The maximum absolute atomic E-state index is 13.1. The van der Waals surface area contributed by atoms with Crippen molar-refractivity contribution in [3.05, 3.63) is 29.8 Å². The van der Waals surface area contributed by atoms with E-state index in [0.717, 1.165) is 50.8 Å². The van der Waals surface area contributed by atoms with E-state index in [2.05, 4.69) is 38.1 Å². The first-order valence-electron chi connectivity index (χ1n) is 16.0. The Kier molecular flexibility index (Phi) is 16.8. The Morgan fingerprint density at radius 1 is 0.789 bits per heavy atom. The number of carbonyl (C=O) groups excluding carboxylic acids is 1. The fourth-order valence-corrected chi connectivity index (χ4v) is 6.19. The third-order valence-corrected chi connectivity index (χ3v) is 8.45. The number of likely N-dealkylation sites (N-methyl/N-ethyl adjacent to an activating group) is 1. The van der Waals surface area contributed by atoms with Crippen LogP contribution in [0.5, 0.6) is 5.75 Å². The van der Waals surface area contributed by atoms with Crippen LogP contribution >= 0.6 is 0 Å². The predicted molar refractivity (Wildman–Crippen MR) is 161 cm³/mol. The highest BCUT2D eigenvalue weighted by Crippen LogP contribution is 2.44. The van der Waals surface area contributed by atoms with Gasteiger partial charge in [-0.1, -0.05) is 109 Å². The van der Waals surface area contributed by atoms with Crippen molar-refractivity contribution < 1.29 is 14.3 Å². The van der Waals surface area contributed by atoms with E-state index in [9.17, 15) is 4.79 Å². The van der Waals surface area contributed by atoms with E-state index in [-0.39, 0.29) is 11.9 Å². The van der Waals surface area contributed by atoms with Gasteiger partial charge in [-0.15, -0.1) is 0 Å². The summed E-state index contributed by atoms with van der Waals surface area (Å²) >= 11 is 0. The van der Waals surface area contributed by atoms with Gasteiger partial charge in [0.15, 0.2) is 0 Å². The number of unbranched alkanes of at least 4 members (excludes halogenated alkanes) is 13. The summed E-state index contributed by atoms with van der Waals surface area (Å²) < 4.78 is 11.9. The molecule has 0 heterocycles. The molecule has 4 heteroatoms. The van der Waals surface area contributed by atoms with Gasteiger partial charge in [0.25, 0.3) is 0 Å². The van der Waals surface area contributed by atoms with Crippen molar-refractivity contribution in [2.45, 2.75) is 147 Å². The molecule has 0 N–H and O–H groups in total. The molecule has 0 spiro atoms. The lowest BCUT2D eigenvalue weighted by molar-refractivity contribution is -0.167. The molecule has 0 saturated heterocycles. The van der Waals surface area contributed by atoms with Crippen molar-refractivity contribution in [3.63, 3.8) is 0 Å². The molecule has 0 radical (unpaired) electrons. The van der Waals surface area contributed by atoms with Crippen LogP contribution in [0.15, 0.2) is 24.3 Å². The number of esters is 1. The van der Waals surface area contributed by atoms with E-state index >= 15 is 0 Å². The molecular weight excluding hydrogens is 470 g/mol. The topological polar surface area (TPSA) is 38.8 Å². The highest BCUT2D eigenvalue weighted by Gasteiger charge is 2.44. The molecule has 1 aromatic carbocycles. The van der Waals surface area contributed by atoms with Crippen LogP contribution in [0.2, 0.25) is 0 Å². The van der Waals surface area contributed by atoms with Crippen LogP contribution in [-0.2, 0) is 9.53 Å². The molecule has 218 valence electrons. The van der Waals surface area contributed by atoms with Crippen molar-refractivity contribution >= 4 is 5.97 Å². The van der Waals surface area contributed by atoms with E-state index in [1.54, 1.807) is 7.11 Å². The summed E-state index contributed by atoms with van der Waals surface area (Å²) in [6.45, 7) is 3.16. The lowest BCUT2D eigenvalue weighted by Crippen LogP contribution is -2.46. The van der Waals surface area contributed by atoms with Crippen molar-refractivity contribution in [1.82, 2.24) is 4.90 Å². The van der Waals surface area contributed by atoms with Crippen LogP contribution < -0.4 is 4.74 Å². The number of methoxy groups -OCH3 is 1. The van der Waals surface area contributed by atoms with E-state index in [1.807, 2.05) is 12.1 Å². The minimum absolute atomic E-state index is 0.00287. The minimum atomic E-state index is -0.399. The second-order valence-corrected chi connectivity index (χ2v) is 12.0. The van der Waals surface area contributed by atoms with Gasteiger partial charge < -0.3 is 14.4 Å². The summed E-state index contributed by atoms with van der Waals surface area (Å²) in [4.78, 5) is 15.3. The molecule has 0 bridgehead atoms. The Balaban J connectivity index is 1.73. The number of nitrogens with zero attached hydrogens (tertiary/aromatic N) is 1. The minimum Gasteiger partial charge on any atom is -0.497 e. The Morgan fingerprint density at radius 2 is 1.29 bits per heavy atom. The summed E-state index contributed by atoms with van der Waals surface area (Å²) in [6.07, 6.45) is 24.5. The zero-order valence-electron chi connectivity index (χ0n) is 25.4. The van der Waals surface area contributed by atoms with Gasteiger partial charge in [-0.2, -0.15) is 0 Å². The van der Waals surface area contributed by atoms with E-state index in [1.165, 1.54) is 89.0 Å². The molecule has 0 aromatic heterocycles. The SMILES string of the molecule is CCCCCCCCCCCCCCCCC(=O)OC1(C(CN(C)C)c2ccc(OC)cc2)CCCCC1. The maximum atomic E-state index is 13.1. The summed E-state index contributed by atoms with van der Waals surface area (Å²) in [5.74, 6) is 1.04. The van der Waals surface area contributed by atoms with Gasteiger partial charge in [0, 0.05) is 18.9 Å². The second-order valence-electron chi connectivity index (χ2n) is 12.0. The highest BCUT2D eigenvalue weighted by molar-refractivity contribution is 5.70. The summed E-state index contributed by atoms with van der Waals surface area (Å²) in [5.41, 5.74) is 0.843. The van der Waals surface area contributed by atoms with Crippen molar-refractivity contribution in [1.29, 1.82) is 0 Å². The number of hydrogen-bond acceptors (Lipinski definition) is 4. The van der Waals surface area contributed by atoms with Crippen molar-refractivity contribution in [3.8, 4) is 5.75 Å². The molecule has 0 aliphatic heterocycles. The van der Waals surface area contributed by atoms with E-state index < -0.39 is 5.60 Å². The molecular formula is C34H59NO3. The fourth-order valence-electron chi connectivity index (χ4n) is 6.19. The van der Waals surface area contributed by atoms with Crippen LogP contribution in [0.1, 0.15) is 147 Å². The zero-order chi connectivity index (χ0) is 27.5. The first-order valence-corrected chi connectivity index (χ1v) is 16.0. The van der Waals surface area contributed by atoms with Crippen molar-refractivity contribution in [2.75, 3.05) is 27.7 Å². The molecule has 1 saturated carbocycles. The van der Waals surface area contributed by atoms with E-state index in [4.69, 9.17) is 9.47 Å². The van der Waals surface area contributed by atoms with Crippen LogP contribution in [0.3, 0.4) is 0 Å². The smallest absolute Gasteiger partial charge is 0.306 e. The maximum Gasteiger partial charge on any atom is 0.306 e. The Hall–Kier alpha value is -1.55. The monoisotopic (exact) mass is 529 g/mol. The average Bonchev–Trinajstić information content (AvgIpc) is 2.92. The quantitative estimate of drug-likeness (QED) is 0.117.